The van der Waals surface area contributed by atoms with E-state index in [4.69, 9.17) is 17.3 Å². The average Bonchev–Trinajstić information content (AvgIpc) is 2.66. The van der Waals surface area contributed by atoms with Crippen molar-refractivity contribution >= 4 is 35.1 Å². The Labute approximate surface area is 187 Å². The Morgan fingerprint density at radius 3 is 2.44 bits per heavy atom. The third kappa shape index (κ3) is 2.98. The van der Waals surface area contributed by atoms with E-state index in [1.807, 2.05) is 0 Å². The van der Waals surface area contributed by atoms with Gasteiger partial charge in [-0.15, -0.1) is 0 Å². The number of nitrogens with two attached hydrogens (primary N) is 1. The summed E-state index contributed by atoms with van der Waals surface area (Å²) in [5.74, 6) is -2.77. The Morgan fingerprint density at radius 2 is 1.84 bits per heavy atom. The molecule has 1 aromatic carbocycles. The van der Waals surface area contributed by atoms with E-state index in [1.165, 1.54) is 23.2 Å². The van der Waals surface area contributed by atoms with Crippen LogP contribution in [0.2, 0.25) is 5.02 Å². The molecule has 4 aliphatic rings. The van der Waals surface area contributed by atoms with Crippen LogP contribution < -0.4 is 10.6 Å². The van der Waals surface area contributed by atoms with E-state index in [0.717, 1.165) is 11.0 Å². The molecule has 2 N–H and O–H groups in total. The SMILES string of the molecule is NC(=O)C12CC(C3C(=O)N(c4ncc(Cl)cc4F)CC(=O)N3Cc3ccc(F)cc3)(C1)C2. The number of nitrogens with zero attached hydrogens (tertiary/aromatic N) is 3. The third-order valence-electron chi connectivity index (χ3n) is 6.91. The highest BCUT2D eigenvalue weighted by Gasteiger charge is 2.76. The number of primary amides is 1. The van der Waals surface area contributed by atoms with Crippen molar-refractivity contribution in [3.63, 3.8) is 0 Å². The number of halogens is 3. The van der Waals surface area contributed by atoms with Crippen molar-refractivity contribution in [1.82, 2.24) is 9.88 Å². The van der Waals surface area contributed by atoms with Gasteiger partial charge in [0.05, 0.1) is 10.4 Å². The summed E-state index contributed by atoms with van der Waals surface area (Å²) >= 11 is 5.78. The van der Waals surface area contributed by atoms with Crippen LogP contribution in [0.3, 0.4) is 0 Å². The summed E-state index contributed by atoms with van der Waals surface area (Å²) in [5.41, 5.74) is 4.92. The number of piperazine rings is 1. The maximum absolute atomic E-state index is 14.6. The number of rotatable bonds is 5. The first kappa shape index (κ1) is 20.8. The first-order valence-corrected chi connectivity index (χ1v) is 10.5. The van der Waals surface area contributed by atoms with Gasteiger partial charge in [-0.05, 0) is 43.0 Å². The van der Waals surface area contributed by atoms with Gasteiger partial charge in [-0.3, -0.25) is 19.3 Å². The number of benzene rings is 1. The zero-order chi connectivity index (χ0) is 22.8. The number of carbonyl (C=O) groups excluding carboxylic acids is 3. The second-order valence-electron chi connectivity index (χ2n) is 8.97. The van der Waals surface area contributed by atoms with Crippen LogP contribution in [0.15, 0.2) is 36.5 Å². The fraction of sp³-hybridized carbons (Fsp3) is 0.364. The maximum Gasteiger partial charge on any atom is 0.252 e. The van der Waals surface area contributed by atoms with Crippen LogP contribution in [0.1, 0.15) is 24.8 Å². The Balaban J connectivity index is 1.50. The molecular weight excluding hydrogens is 442 g/mol. The Morgan fingerprint density at radius 1 is 1.19 bits per heavy atom. The quantitative estimate of drug-likeness (QED) is 0.741. The highest BCUT2D eigenvalue weighted by atomic mass is 35.5. The van der Waals surface area contributed by atoms with E-state index in [1.54, 1.807) is 12.1 Å². The van der Waals surface area contributed by atoms with Crippen molar-refractivity contribution in [2.24, 2.45) is 16.6 Å². The number of pyridine rings is 1. The number of hydrogen-bond donors (Lipinski definition) is 1. The van der Waals surface area contributed by atoms with Gasteiger partial charge in [0, 0.05) is 18.2 Å². The van der Waals surface area contributed by atoms with Crippen LogP contribution in [0.25, 0.3) is 0 Å². The lowest BCUT2D eigenvalue weighted by atomic mass is 9.32. The lowest BCUT2D eigenvalue weighted by molar-refractivity contribution is -0.231. The molecule has 6 rings (SSSR count). The highest BCUT2D eigenvalue weighted by molar-refractivity contribution is 6.30. The van der Waals surface area contributed by atoms with Crippen molar-refractivity contribution in [2.45, 2.75) is 31.8 Å². The minimum atomic E-state index is -0.910. The smallest absolute Gasteiger partial charge is 0.252 e. The molecule has 1 aromatic heterocycles. The largest absolute Gasteiger partial charge is 0.369 e. The van der Waals surface area contributed by atoms with E-state index in [9.17, 15) is 23.2 Å². The molecule has 166 valence electrons. The summed E-state index contributed by atoms with van der Waals surface area (Å²) in [6.07, 6.45) is 2.39. The molecule has 2 bridgehead atoms. The van der Waals surface area contributed by atoms with E-state index in [-0.39, 0.29) is 23.9 Å². The number of carbonyl (C=O) groups is 3. The molecule has 2 aromatic rings. The van der Waals surface area contributed by atoms with Crippen LogP contribution in [0.5, 0.6) is 0 Å². The average molecular weight is 461 g/mol. The zero-order valence-electron chi connectivity index (χ0n) is 16.9. The predicted molar refractivity (Wildman–Crippen MR) is 110 cm³/mol. The molecule has 1 unspecified atom stereocenters. The summed E-state index contributed by atoms with van der Waals surface area (Å²) in [6.45, 7) is -0.301. The lowest BCUT2D eigenvalue weighted by Gasteiger charge is -2.72. The summed E-state index contributed by atoms with van der Waals surface area (Å²) in [7, 11) is 0. The van der Waals surface area contributed by atoms with E-state index in [2.05, 4.69) is 4.98 Å². The fourth-order valence-corrected chi connectivity index (χ4v) is 5.64. The fourth-order valence-electron chi connectivity index (χ4n) is 5.49. The molecule has 32 heavy (non-hydrogen) atoms. The Kier molecular flexibility index (Phi) is 4.53. The van der Waals surface area contributed by atoms with E-state index < -0.39 is 46.2 Å². The van der Waals surface area contributed by atoms with Gasteiger partial charge >= 0.3 is 0 Å². The summed E-state index contributed by atoms with van der Waals surface area (Å²) in [6, 6.07) is 5.77. The van der Waals surface area contributed by atoms with Crippen molar-refractivity contribution in [1.29, 1.82) is 0 Å². The third-order valence-corrected chi connectivity index (χ3v) is 7.12. The highest BCUT2D eigenvalue weighted by Crippen LogP contribution is 2.75. The van der Waals surface area contributed by atoms with E-state index in [0.29, 0.717) is 24.8 Å². The lowest BCUT2D eigenvalue weighted by Crippen LogP contribution is -2.78. The Bertz CT molecular complexity index is 1140. The molecular formula is C22H19ClF2N4O3. The minimum Gasteiger partial charge on any atom is -0.369 e. The Hall–Kier alpha value is -3.07. The molecule has 7 nitrogen and oxygen atoms in total. The topological polar surface area (TPSA) is 96.6 Å². The number of amides is 3. The molecule has 1 aliphatic heterocycles. The van der Waals surface area contributed by atoms with Gasteiger partial charge in [-0.2, -0.15) is 0 Å². The second kappa shape index (κ2) is 6.96. The first-order chi connectivity index (χ1) is 15.1. The molecule has 2 heterocycles. The molecule has 3 aliphatic carbocycles. The zero-order valence-corrected chi connectivity index (χ0v) is 17.6. The van der Waals surface area contributed by atoms with Crippen molar-refractivity contribution < 1.29 is 23.2 Å². The first-order valence-electron chi connectivity index (χ1n) is 10.1. The van der Waals surface area contributed by atoms with Gasteiger partial charge in [0.1, 0.15) is 18.4 Å². The van der Waals surface area contributed by atoms with Crippen LogP contribution in [0, 0.1) is 22.5 Å². The maximum atomic E-state index is 14.6. The number of aromatic nitrogens is 1. The van der Waals surface area contributed by atoms with Gasteiger partial charge in [0.25, 0.3) is 5.91 Å². The summed E-state index contributed by atoms with van der Waals surface area (Å²) < 4.78 is 27.9. The van der Waals surface area contributed by atoms with Gasteiger partial charge < -0.3 is 10.6 Å². The molecule has 1 atom stereocenters. The minimum absolute atomic E-state index is 0.0688. The van der Waals surface area contributed by atoms with Gasteiger partial charge in [0.2, 0.25) is 11.8 Å². The van der Waals surface area contributed by atoms with Gasteiger partial charge in [0.15, 0.2) is 11.6 Å². The summed E-state index contributed by atoms with van der Waals surface area (Å²) in [5, 5.41) is 0.0688. The van der Waals surface area contributed by atoms with Crippen molar-refractivity contribution in [3.05, 3.63) is 58.7 Å². The van der Waals surface area contributed by atoms with Crippen LogP contribution in [-0.4, -0.2) is 40.2 Å². The molecule has 0 radical (unpaired) electrons. The van der Waals surface area contributed by atoms with Gasteiger partial charge in [-0.1, -0.05) is 23.7 Å². The molecule has 0 spiro atoms. The van der Waals surface area contributed by atoms with E-state index >= 15 is 0 Å². The van der Waals surface area contributed by atoms with Crippen LogP contribution in [-0.2, 0) is 20.9 Å². The standard InChI is InChI=1S/C22H19ClF2N4O3/c23-13-5-15(25)18(27-6-13)29-8-16(30)28(7-12-1-3-14(24)4-2-12)17(19(29)31)21-9-22(10-21,11-21)20(26)32/h1-6,17H,7-11H2,(H2,26,32). The second-order valence-corrected chi connectivity index (χ2v) is 9.41. The molecule has 4 fully saturated rings. The van der Waals surface area contributed by atoms with Crippen molar-refractivity contribution in [3.8, 4) is 0 Å². The molecule has 3 amide bonds. The number of anilines is 1. The summed E-state index contributed by atoms with van der Waals surface area (Å²) in [4.78, 5) is 45.0. The van der Waals surface area contributed by atoms with Crippen LogP contribution >= 0.6 is 11.6 Å². The monoisotopic (exact) mass is 460 g/mol. The van der Waals surface area contributed by atoms with Crippen LogP contribution in [0.4, 0.5) is 14.6 Å². The predicted octanol–water partition coefficient (Wildman–Crippen LogP) is 2.41. The normalized spacial score (nSPS) is 28.9. The molecule has 3 saturated carbocycles. The number of hydrogen-bond acceptors (Lipinski definition) is 4. The van der Waals surface area contributed by atoms with Crippen molar-refractivity contribution in [2.75, 3.05) is 11.4 Å². The molecule has 1 saturated heterocycles. The molecule has 10 heteroatoms. The van der Waals surface area contributed by atoms with Gasteiger partial charge in [-0.25, -0.2) is 13.8 Å².